The molecule has 1 aromatic heterocycles. The molecular formula is C32H41N5O4S. The third-order valence-corrected chi connectivity index (χ3v) is 9.69. The van der Waals surface area contributed by atoms with Gasteiger partial charge in [0.05, 0.1) is 11.0 Å². The van der Waals surface area contributed by atoms with Crippen molar-refractivity contribution < 1.29 is 18.3 Å². The van der Waals surface area contributed by atoms with Gasteiger partial charge in [0, 0.05) is 55.5 Å². The summed E-state index contributed by atoms with van der Waals surface area (Å²) < 4.78 is 28.7. The highest BCUT2D eigenvalue weighted by atomic mass is 32.2. The van der Waals surface area contributed by atoms with Crippen LogP contribution in [0.4, 0.5) is 16.2 Å². The summed E-state index contributed by atoms with van der Waals surface area (Å²) in [5.41, 5.74) is 3.01. The van der Waals surface area contributed by atoms with Crippen molar-refractivity contribution in [2.45, 2.75) is 55.9 Å². The lowest BCUT2D eigenvalue weighted by Crippen LogP contribution is -2.33. The summed E-state index contributed by atoms with van der Waals surface area (Å²) in [6, 6.07) is 17.4. The van der Waals surface area contributed by atoms with Crippen molar-refractivity contribution in [2.24, 2.45) is 5.92 Å². The molecular weight excluding hydrogens is 550 g/mol. The topological polar surface area (TPSA) is 115 Å². The van der Waals surface area contributed by atoms with Crippen molar-refractivity contribution in [1.29, 1.82) is 0 Å². The van der Waals surface area contributed by atoms with E-state index >= 15 is 0 Å². The Balaban J connectivity index is 1.08. The molecule has 0 radical (unpaired) electrons. The van der Waals surface area contributed by atoms with Gasteiger partial charge in [0.15, 0.2) is 0 Å². The number of rotatable bonds is 13. The minimum atomic E-state index is -3.78. The molecule has 9 nitrogen and oxygen atoms in total. The lowest BCUT2D eigenvalue weighted by molar-refractivity contribution is 0.174. The van der Waals surface area contributed by atoms with Gasteiger partial charge in [0.1, 0.15) is 0 Å². The number of nitrogens with one attached hydrogen (secondary N) is 2. The minimum Gasteiger partial charge on any atom is -0.387 e. The molecule has 1 saturated heterocycles. The molecule has 1 aliphatic heterocycles. The van der Waals surface area contributed by atoms with Crippen LogP contribution >= 0.6 is 0 Å². The number of nitrogens with zero attached hydrogens (tertiary/aromatic N) is 3. The standard InChI is InChI=1S/C32H41N5O4S/c38-31(27-7-4-18-33-23-27)24-34-19-16-26-8-10-28(11-9-26)35-42(40,41)30-14-12-29(13-15-30)37-22-21-36(32(37)39)20-17-25-5-2-1-3-6-25/h4,7-15,18,23,25,31,34-35,38H,1-3,5-6,16-17,19-22,24H2/t31-/m0/s1. The number of amides is 2. The summed E-state index contributed by atoms with van der Waals surface area (Å²) in [6.45, 7) is 3.20. The van der Waals surface area contributed by atoms with Crippen LogP contribution < -0.4 is 14.9 Å². The Morgan fingerprint density at radius 1 is 0.976 bits per heavy atom. The molecule has 2 fully saturated rings. The van der Waals surface area contributed by atoms with E-state index in [0.29, 0.717) is 37.6 Å². The number of carbonyl (C=O) groups is 1. The van der Waals surface area contributed by atoms with E-state index in [9.17, 15) is 18.3 Å². The summed E-state index contributed by atoms with van der Waals surface area (Å²) >= 11 is 0. The first-order valence-electron chi connectivity index (χ1n) is 15.0. The fraction of sp³-hybridized carbons (Fsp3) is 0.438. The maximum absolute atomic E-state index is 13.0. The predicted octanol–water partition coefficient (Wildman–Crippen LogP) is 4.96. The van der Waals surface area contributed by atoms with Crippen LogP contribution in [0.3, 0.4) is 0 Å². The van der Waals surface area contributed by atoms with Crippen LogP contribution in [0.25, 0.3) is 0 Å². The monoisotopic (exact) mass is 591 g/mol. The van der Waals surface area contributed by atoms with Gasteiger partial charge in [-0.3, -0.25) is 14.6 Å². The first-order chi connectivity index (χ1) is 20.4. The molecule has 0 spiro atoms. The second-order valence-corrected chi connectivity index (χ2v) is 12.9. The average molecular weight is 592 g/mol. The maximum Gasteiger partial charge on any atom is 0.324 e. The molecule has 1 saturated carbocycles. The third-order valence-electron chi connectivity index (χ3n) is 8.29. The van der Waals surface area contributed by atoms with Crippen LogP contribution in [0, 0.1) is 5.92 Å². The number of aliphatic hydroxyl groups excluding tert-OH is 1. The SMILES string of the molecule is O=C1N(CCC2CCCCC2)CCN1c1ccc(S(=O)(=O)Nc2ccc(CCNC[C@H](O)c3cccnc3)cc2)cc1. The summed E-state index contributed by atoms with van der Waals surface area (Å²) in [6.07, 6.45) is 11.0. The van der Waals surface area contributed by atoms with Gasteiger partial charge in [-0.15, -0.1) is 0 Å². The Bertz CT molecular complexity index is 1400. The molecule has 3 aromatic rings. The molecule has 2 heterocycles. The fourth-order valence-corrected chi connectivity index (χ4v) is 6.82. The number of sulfonamides is 1. The van der Waals surface area contributed by atoms with E-state index in [4.69, 9.17) is 0 Å². The summed E-state index contributed by atoms with van der Waals surface area (Å²) in [4.78, 5) is 20.8. The highest BCUT2D eigenvalue weighted by molar-refractivity contribution is 7.92. The molecule has 0 unspecified atom stereocenters. The van der Waals surface area contributed by atoms with Gasteiger partial charge < -0.3 is 15.3 Å². The van der Waals surface area contributed by atoms with Crippen molar-refractivity contribution in [1.82, 2.24) is 15.2 Å². The van der Waals surface area contributed by atoms with E-state index in [1.54, 1.807) is 59.8 Å². The second-order valence-electron chi connectivity index (χ2n) is 11.3. The Hall–Kier alpha value is -3.47. The molecule has 2 aromatic carbocycles. The molecule has 10 heteroatoms. The van der Waals surface area contributed by atoms with Crippen LogP contribution in [-0.2, 0) is 16.4 Å². The van der Waals surface area contributed by atoms with Crippen molar-refractivity contribution in [2.75, 3.05) is 42.3 Å². The second kappa shape index (κ2) is 14.1. The zero-order chi connectivity index (χ0) is 29.4. The Morgan fingerprint density at radius 3 is 2.45 bits per heavy atom. The highest BCUT2D eigenvalue weighted by Crippen LogP contribution is 2.28. The number of urea groups is 1. The highest BCUT2D eigenvalue weighted by Gasteiger charge is 2.30. The van der Waals surface area contributed by atoms with Crippen LogP contribution in [0.2, 0.25) is 0 Å². The van der Waals surface area contributed by atoms with E-state index < -0.39 is 16.1 Å². The van der Waals surface area contributed by atoms with E-state index in [1.165, 1.54) is 32.1 Å². The van der Waals surface area contributed by atoms with E-state index in [1.807, 2.05) is 23.1 Å². The number of hydrogen-bond donors (Lipinski definition) is 3. The number of pyridine rings is 1. The zero-order valence-corrected chi connectivity index (χ0v) is 24.8. The van der Waals surface area contributed by atoms with E-state index in [0.717, 1.165) is 36.4 Å². The van der Waals surface area contributed by atoms with Gasteiger partial charge in [0.25, 0.3) is 10.0 Å². The molecule has 1 atom stereocenters. The molecule has 224 valence electrons. The van der Waals surface area contributed by atoms with Crippen molar-refractivity contribution >= 4 is 27.4 Å². The van der Waals surface area contributed by atoms with Crippen molar-refractivity contribution in [3.05, 3.63) is 84.2 Å². The van der Waals surface area contributed by atoms with E-state index in [2.05, 4.69) is 15.0 Å². The molecule has 3 N–H and O–H groups in total. The predicted molar refractivity (Wildman–Crippen MR) is 165 cm³/mol. The third kappa shape index (κ3) is 7.87. The van der Waals surface area contributed by atoms with Gasteiger partial charge >= 0.3 is 6.03 Å². The average Bonchev–Trinajstić information content (AvgIpc) is 3.39. The van der Waals surface area contributed by atoms with Crippen LogP contribution in [0.1, 0.15) is 55.8 Å². The van der Waals surface area contributed by atoms with Gasteiger partial charge in [-0.1, -0.05) is 50.3 Å². The first kappa shape index (κ1) is 30.0. The first-order valence-corrected chi connectivity index (χ1v) is 16.4. The van der Waals surface area contributed by atoms with Gasteiger partial charge in [-0.05, 0) is 73.3 Å². The molecule has 2 aliphatic rings. The lowest BCUT2D eigenvalue weighted by atomic mass is 9.87. The van der Waals surface area contributed by atoms with Crippen LogP contribution in [-0.4, -0.2) is 62.2 Å². The number of carbonyl (C=O) groups excluding carboxylic acids is 1. The lowest BCUT2D eigenvalue weighted by Gasteiger charge is -2.24. The molecule has 5 rings (SSSR count). The van der Waals surface area contributed by atoms with Gasteiger partial charge in [-0.25, -0.2) is 13.2 Å². The number of aliphatic hydroxyl groups is 1. The van der Waals surface area contributed by atoms with Crippen molar-refractivity contribution in [3.8, 4) is 0 Å². The number of aromatic nitrogens is 1. The molecule has 1 aliphatic carbocycles. The molecule has 42 heavy (non-hydrogen) atoms. The van der Waals surface area contributed by atoms with E-state index in [-0.39, 0.29) is 10.9 Å². The zero-order valence-electron chi connectivity index (χ0n) is 24.0. The smallest absolute Gasteiger partial charge is 0.324 e. The normalized spacial score (nSPS) is 17.0. The Kier molecular flexibility index (Phi) is 10.1. The summed E-state index contributed by atoms with van der Waals surface area (Å²) in [7, 11) is -3.78. The van der Waals surface area contributed by atoms with Gasteiger partial charge in [0.2, 0.25) is 0 Å². The number of anilines is 2. The summed E-state index contributed by atoms with van der Waals surface area (Å²) in [5, 5.41) is 13.5. The van der Waals surface area contributed by atoms with Crippen LogP contribution in [0.15, 0.2) is 78.0 Å². The Morgan fingerprint density at radius 2 is 1.74 bits per heavy atom. The molecule has 2 amide bonds. The number of benzene rings is 2. The van der Waals surface area contributed by atoms with Gasteiger partial charge in [-0.2, -0.15) is 0 Å². The molecule has 0 bridgehead atoms. The number of hydrogen-bond acceptors (Lipinski definition) is 6. The quantitative estimate of drug-likeness (QED) is 0.242. The largest absolute Gasteiger partial charge is 0.387 e. The minimum absolute atomic E-state index is 0.000459. The fourth-order valence-electron chi connectivity index (χ4n) is 5.77. The maximum atomic E-state index is 13.0. The Labute approximate surface area is 249 Å². The summed E-state index contributed by atoms with van der Waals surface area (Å²) in [5.74, 6) is 0.731. The van der Waals surface area contributed by atoms with Crippen LogP contribution in [0.5, 0.6) is 0 Å². The van der Waals surface area contributed by atoms with Crippen molar-refractivity contribution in [3.63, 3.8) is 0 Å².